The number of carbonyl (C=O) groups excluding carboxylic acids is 1. The molecule has 0 saturated carbocycles. The first kappa shape index (κ1) is 16.8. The molecule has 2 aromatic heterocycles. The van der Waals surface area contributed by atoms with Gasteiger partial charge in [0.05, 0.1) is 5.39 Å². The zero-order valence-corrected chi connectivity index (χ0v) is 14.3. The Kier molecular flexibility index (Phi) is 4.89. The fourth-order valence-corrected chi connectivity index (χ4v) is 2.71. The van der Waals surface area contributed by atoms with Crippen LogP contribution in [0.1, 0.15) is 5.56 Å². The second kappa shape index (κ2) is 7.26. The van der Waals surface area contributed by atoms with Gasteiger partial charge in [0, 0.05) is 0 Å². The molecule has 2 heterocycles. The van der Waals surface area contributed by atoms with Crippen LogP contribution in [-0.4, -0.2) is 36.9 Å². The number of carbonyl (C=O) groups is 2. The van der Waals surface area contributed by atoms with Crippen LogP contribution >= 0.6 is 15.9 Å². The molecule has 25 heavy (non-hydrogen) atoms. The van der Waals surface area contributed by atoms with E-state index in [0.29, 0.717) is 9.99 Å². The average molecular weight is 406 g/mol. The summed E-state index contributed by atoms with van der Waals surface area (Å²) in [5.41, 5.74) is 1.13. The lowest BCUT2D eigenvalue weighted by molar-refractivity contribution is -0.137. The normalized spacial score (nSPS) is 10.6. The Bertz CT molecular complexity index is 928. The van der Waals surface area contributed by atoms with E-state index in [1.165, 1.54) is 11.0 Å². The molecule has 10 heteroatoms. The third-order valence-corrected chi connectivity index (χ3v) is 3.76. The summed E-state index contributed by atoms with van der Waals surface area (Å²) in [6.07, 6.45) is 0.517. The van der Waals surface area contributed by atoms with Gasteiger partial charge in [-0.15, -0.1) is 0 Å². The van der Waals surface area contributed by atoms with Crippen molar-refractivity contribution in [3.8, 4) is 0 Å². The molecule has 0 saturated heterocycles. The lowest BCUT2D eigenvalue weighted by Crippen LogP contribution is -2.15. The van der Waals surface area contributed by atoms with Crippen molar-refractivity contribution < 1.29 is 19.4 Å². The van der Waals surface area contributed by atoms with Gasteiger partial charge >= 0.3 is 12.1 Å². The molecule has 128 valence electrons. The Morgan fingerprint density at radius 2 is 2.00 bits per heavy atom. The van der Waals surface area contributed by atoms with E-state index in [0.717, 1.165) is 5.56 Å². The molecule has 0 aliphatic carbocycles. The molecule has 2 N–H and O–H groups in total. The van der Waals surface area contributed by atoms with Crippen LogP contribution < -0.4 is 5.32 Å². The highest BCUT2D eigenvalue weighted by Gasteiger charge is 2.18. The SMILES string of the molecule is O=C(O)Cn1nc(Br)c2c(NC(=O)OCc3ccccc3)ncnc21. The first-order chi connectivity index (χ1) is 12.0. The number of rotatable bonds is 5. The number of nitrogens with one attached hydrogen (secondary N) is 1. The van der Waals surface area contributed by atoms with E-state index in [-0.39, 0.29) is 24.6 Å². The van der Waals surface area contributed by atoms with Crippen LogP contribution in [0.15, 0.2) is 41.3 Å². The van der Waals surface area contributed by atoms with Crippen LogP contribution in [0.3, 0.4) is 0 Å². The summed E-state index contributed by atoms with van der Waals surface area (Å²) in [6, 6.07) is 9.23. The molecule has 1 aromatic carbocycles. The van der Waals surface area contributed by atoms with Crippen molar-refractivity contribution in [2.75, 3.05) is 5.32 Å². The Morgan fingerprint density at radius 1 is 1.24 bits per heavy atom. The molecule has 9 nitrogen and oxygen atoms in total. The highest BCUT2D eigenvalue weighted by molar-refractivity contribution is 9.10. The fourth-order valence-electron chi connectivity index (χ4n) is 2.15. The molecule has 0 aliphatic rings. The molecule has 0 atom stereocenters. The number of hydrogen-bond donors (Lipinski definition) is 2. The Labute approximate surface area is 149 Å². The standard InChI is InChI=1S/C15H12BrN5O4/c16-12-11-13(17-8-18-14(11)21(20-12)6-10(22)23)19-15(24)25-7-9-4-2-1-3-5-9/h1-5,8H,6-7H2,(H,22,23)(H,17,18,19,24). The zero-order chi connectivity index (χ0) is 17.8. The molecule has 0 bridgehead atoms. The largest absolute Gasteiger partial charge is 0.480 e. The van der Waals surface area contributed by atoms with Gasteiger partial charge in [0.2, 0.25) is 0 Å². The van der Waals surface area contributed by atoms with Crippen LogP contribution in [0.2, 0.25) is 0 Å². The van der Waals surface area contributed by atoms with Gasteiger partial charge in [0.15, 0.2) is 11.5 Å². The minimum atomic E-state index is -1.06. The molecule has 0 radical (unpaired) electrons. The fraction of sp³-hybridized carbons (Fsp3) is 0.133. The van der Waals surface area contributed by atoms with Crippen molar-refractivity contribution >= 4 is 44.8 Å². The average Bonchev–Trinajstić information content (AvgIpc) is 2.90. The van der Waals surface area contributed by atoms with Crippen LogP contribution in [0.4, 0.5) is 10.6 Å². The summed E-state index contributed by atoms with van der Waals surface area (Å²) in [4.78, 5) is 30.9. The summed E-state index contributed by atoms with van der Waals surface area (Å²) in [5.74, 6) is -0.890. The quantitative estimate of drug-likeness (QED) is 0.668. The van der Waals surface area contributed by atoms with Crippen molar-refractivity contribution in [1.82, 2.24) is 19.7 Å². The van der Waals surface area contributed by atoms with E-state index in [4.69, 9.17) is 9.84 Å². The summed E-state index contributed by atoms with van der Waals surface area (Å²) in [7, 11) is 0. The molecule has 3 aromatic rings. The predicted molar refractivity (Wildman–Crippen MR) is 90.9 cm³/mol. The Morgan fingerprint density at radius 3 is 2.72 bits per heavy atom. The van der Waals surface area contributed by atoms with Gasteiger partial charge in [0.25, 0.3) is 0 Å². The van der Waals surface area contributed by atoms with E-state index in [1.807, 2.05) is 30.3 Å². The molecule has 3 rings (SSSR count). The first-order valence-electron chi connectivity index (χ1n) is 7.11. The molecular formula is C15H12BrN5O4. The Hall–Kier alpha value is -3.01. The monoisotopic (exact) mass is 405 g/mol. The molecule has 0 unspecified atom stereocenters. The number of benzene rings is 1. The van der Waals surface area contributed by atoms with Gasteiger partial charge in [-0.2, -0.15) is 5.10 Å². The van der Waals surface area contributed by atoms with E-state index >= 15 is 0 Å². The molecule has 0 fully saturated rings. The van der Waals surface area contributed by atoms with Crippen molar-refractivity contribution in [3.63, 3.8) is 0 Å². The smallest absolute Gasteiger partial charge is 0.413 e. The van der Waals surface area contributed by atoms with Crippen LogP contribution in [0.25, 0.3) is 11.0 Å². The summed E-state index contributed by atoms with van der Waals surface area (Å²) in [6.45, 7) is -0.253. The maximum Gasteiger partial charge on any atom is 0.413 e. The van der Waals surface area contributed by atoms with Crippen LogP contribution in [0.5, 0.6) is 0 Å². The van der Waals surface area contributed by atoms with E-state index in [1.54, 1.807) is 0 Å². The minimum absolute atomic E-state index is 0.111. The maximum absolute atomic E-state index is 12.0. The number of amides is 1. The van der Waals surface area contributed by atoms with Crippen molar-refractivity contribution in [3.05, 3.63) is 46.8 Å². The summed E-state index contributed by atoms with van der Waals surface area (Å²) in [5, 5.41) is 15.9. The number of anilines is 1. The Balaban J connectivity index is 1.78. The first-order valence-corrected chi connectivity index (χ1v) is 7.90. The molecule has 1 amide bonds. The molecular weight excluding hydrogens is 394 g/mol. The van der Waals surface area contributed by atoms with E-state index in [2.05, 4.69) is 36.3 Å². The van der Waals surface area contributed by atoms with Gasteiger partial charge < -0.3 is 9.84 Å². The van der Waals surface area contributed by atoms with Gasteiger partial charge in [-0.1, -0.05) is 30.3 Å². The van der Waals surface area contributed by atoms with Crippen LogP contribution in [-0.2, 0) is 22.7 Å². The number of halogens is 1. The second-order valence-electron chi connectivity index (χ2n) is 4.95. The van der Waals surface area contributed by atoms with Gasteiger partial charge in [-0.3, -0.25) is 10.1 Å². The molecule has 0 aliphatic heterocycles. The minimum Gasteiger partial charge on any atom is -0.480 e. The highest BCUT2D eigenvalue weighted by atomic mass is 79.9. The topological polar surface area (TPSA) is 119 Å². The number of aromatic nitrogens is 4. The summed E-state index contributed by atoms with van der Waals surface area (Å²) >= 11 is 3.23. The molecule has 0 spiro atoms. The predicted octanol–water partition coefficient (Wildman–Crippen LogP) is 2.42. The zero-order valence-electron chi connectivity index (χ0n) is 12.7. The van der Waals surface area contributed by atoms with Crippen LogP contribution in [0, 0.1) is 0 Å². The lowest BCUT2D eigenvalue weighted by Gasteiger charge is -2.07. The lowest BCUT2D eigenvalue weighted by atomic mass is 10.2. The number of hydrogen-bond acceptors (Lipinski definition) is 6. The van der Waals surface area contributed by atoms with E-state index in [9.17, 15) is 9.59 Å². The number of carboxylic acid groups (broad SMARTS) is 1. The third kappa shape index (κ3) is 3.91. The number of fused-ring (bicyclic) bond motifs is 1. The number of nitrogens with zero attached hydrogens (tertiary/aromatic N) is 4. The van der Waals surface area contributed by atoms with Gasteiger partial charge in [0.1, 0.15) is 24.1 Å². The summed E-state index contributed by atoms with van der Waals surface area (Å²) < 4.78 is 6.67. The second-order valence-corrected chi connectivity index (χ2v) is 5.70. The van der Waals surface area contributed by atoms with Gasteiger partial charge in [-0.25, -0.2) is 19.4 Å². The maximum atomic E-state index is 12.0. The van der Waals surface area contributed by atoms with Gasteiger partial charge in [-0.05, 0) is 21.5 Å². The van der Waals surface area contributed by atoms with Crippen molar-refractivity contribution in [2.45, 2.75) is 13.2 Å². The highest BCUT2D eigenvalue weighted by Crippen LogP contribution is 2.27. The van der Waals surface area contributed by atoms with Crippen molar-refractivity contribution in [2.24, 2.45) is 0 Å². The van der Waals surface area contributed by atoms with E-state index < -0.39 is 12.1 Å². The van der Waals surface area contributed by atoms with Crippen molar-refractivity contribution in [1.29, 1.82) is 0 Å². The number of aliphatic carboxylic acids is 1. The third-order valence-electron chi connectivity index (χ3n) is 3.20. The number of carboxylic acids is 1. The number of ether oxygens (including phenoxy) is 1.